The van der Waals surface area contributed by atoms with Gasteiger partial charge in [0, 0.05) is 24.8 Å². The fourth-order valence-corrected chi connectivity index (χ4v) is 3.01. The SMILES string of the molecule is CCOC(=O)C1CCN(c2c(Nc3cc(C)[nH]n3)c(=O)c2=O)CC1. The molecule has 1 aliphatic heterocycles. The Bertz CT molecular complexity index is 810. The van der Waals surface area contributed by atoms with E-state index in [0.717, 1.165) is 5.69 Å². The van der Waals surface area contributed by atoms with Crippen LogP contribution in [0.3, 0.4) is 0 Å². The number of anilines is 3. The minimum atomic E-state index is -0.529. The summed E-state index contributed by atoms with van der Waals surface area (Å²) in [5.41, 5.74) is 0.509. The summed E-state index contributed by atoms with van der Waals surface area (Å²) in [5, 5.41) is 9.71. The van der Waals surface area contributed by atoms with Crippen molar-refractivity contribution in [3.05, 3.63) is 32.2 Å². The number of hydrogen-bond acceptors (Lipinski definition) is 7. The molecule has 3 rings (SSSR count). The molecule has 24 heavy (non-hydrogen) atoms. The van der Waals surface area contributed by atoms with E-state index in [1.807, 2.05) is 11.8 Å². The smallest absolute Gasteiger partial charge is 0.309 e. The van der Waals surface area contributed by atoms with Gasteiger partial charge in [0.15, 0.2) is 5.82 Å². The molecule has 8 nitrogen and oxygen atoms in total. The second-order valence-corrected chi connectivity index (χ2v) is 5.96. The van der Waals surface area contributed by atoms with Crippen LogP contribution in [0.5, 0.6) is 0 Å². The largest absolute Gasteiger partial charge is 0.466 e. The maximum absolute atomic E-state index is 12.0. The lowest BCUT2D eigenvalue weighted by Gasteiger charge is -2.33. The Hall–Kier alpha value is -2.64. The van der Waals surface area contributed by atoms with Crippen molar-refractivity contribution in [3.63, 3.8) is 0 Å². The maximum Gasteiger partial charge on any atom is 0.309 e. The molecule has 2 N–H and O–H groups in total. The Labute approximate surface area is 138 Å². The molecule has 0 unspecified atom stereocenters. The molecule has 1 aliphatic rings. The number of hydrogen-bond donors (Lipinski definition) is 2. The van der Waals surface area contributed by atoms with Gasteiger partial charge in [0.05, 0.1) is 12.5 Å². The Balaban J connectivity index is 1.70. The van der Waals surface area contributed by atoms with E-state index in [2.05, 4.69) is 15.5 Å². The molecule has 0 radical (unpaired) electrons. The number of ether oxygens (including phenoxy) is 1. The van der Waals surface area contributed by atoms with Crippen LogP contribution in [0.4, 0.5) is 17.2 Å². The van der Waals surface area contributed by atoms with Gasteiger partial charge in [0.25, 0.3) is 10.9 Å². The molecule has 0 amide bonds. The summed E-state index contributed by atoms with van der Waals surface area (Å²) in [7, 11) is 0. The predicted octanol–water partition coefficient (Wildman–Crippen LogP) is 0.837. The van der Waals surface area contributed by atoms with Crippen molar-refractivity contribution in [2.45, 2.75) is 26.7 Å². The molecule has 0 bridgehead atoms. The third-order valence-electron chi connectivity index (χ3n) is 4.28. The van der Waals surface area contributed by atoms with Crippen molar-refractivity contribution in [1.29, 1.82) is 0 Å². The summed E-state index contributed by atoms with van der Waals surface area (Å²) in [6.07, 6.45) is 1.22. The first-order chi connectivity index (χ1) is 11.5. The number of aromatic nitrogens is 2. The average molecular weight is 332 g/mol. The third kappa shape index (κ3) is 2.91. The number of H-pyrrole nitrogens is 1. The summed E-state index contributed by atoms with van der Waals surface area (Å²) in [6, 6.07) is 1.76. The second-order valence-electron chi connectivity index (χ2n) is 5.96. The molecule has 1 aromatic heterocycles. The van der Waals surface area contributed by atoms with Crippen molar-refractivity contribution in [1.82, 2.24) is 10.2 Å². The van der Waals surface area contributed by atoms with E-state index >= 15 is 0 Å². The molecule has 8 heteroatoms. The maximum atomic E-state index is 12.0. The zero-order valence-corrected chi connectivity index (χ0v) is 13.7. The molecule has 2 heterocycles. The Morgan fingerprint density at radius 1 is 1.38 bits per heavy atom. The van der Waals surface area contributed by atoms with Crippen LogP contribution in [-0.4, -0.2) is 35.9 Å². The van der Waals surface area contributed by atoms with E-state index < -0.39 is 10.9 Å². The van der Waals surface area contributed by atoms with Gasteiger partial charge in [0.2, 0.25) is 0 Å². The van der Waals surface area contributed by atoms with E-state index in [9.17, 15) is 14.4 Å². The summed E-state index contributed by atoms with van der Waals surface area (Å²) >= 11 is 0. The van der Waals surface area contributed by atoms with Crippen molar-refractivity contribution in [2.75, 3.05) is 29.9 Å². The molecule has 0 atom stereocenters. The first-order valence-corrected chi connectivity index (χ1v) is 8.05. The normalized spacial score (nSPS) is 15.7. The van der Waals surface area contributed by atoms with Crippen LogP contribution in [0, 0.1) is 12.8 Å². The van der Waals surface area contributed by atoms with Crippen LogP contribution >= 0.6 is 0 Å². The summed E-state index contributed by atoms with van der Waals surface area (Å²) < 4.78 is 5.04. The number of esters is 1. The van der Waals surface area contributed by atoms with Gasteiger partial charge in [-0.05, 0) is 26.7 Å². The van der Waals surface area contributed by atoms with Crippen LogP contribution in [0.1, 0.15) is 25.5 Å². The van der Waals surface area contributed by atoms with Crippen molar-refractivity contribution in [2.24, 2.45) is 5.92 Å². The van der Waals surface area contributed by atoms with Crippen LogP contribution < -0.4 is 21.1 Å². The Morgan fingerprint density at radius 2 is 2.08 bits per heavy atom. The minimum Gasteiger partial charge on any atom is -0.466 e. The lowest BCUT2D eigenvalue weighted by Crippen LogP contribution is -2.46. The molecule has 2 aromatic rings. The molecule has 0 saturated carbocycles. The zero-order valence-electron chi connectivity index (χ0n) is 13.7. The first-order valence-electron chi connectivity index (χ1n) is 8.05. The predicted molar refractivity (Wildman–Crippen MR) is 89.5 cm³/mol. The molecule has 1 aromatic carbocycles. The van der Waals surface area contributed by atoms with Crippen LogP contribution in [0.15, 0.2) is 15.7 Å². The van der Waals surface area contributed by atoms with Gasteiger partial charge in [-0.2, -0.15) is 5.10 Å². The van der Waals surface area contributed by atoms with Gasteiger partial charge in [-0.3, -0.25) is 19.5 Å². The molecule has 128 valence electrons. The number of carbonyl (C=O) groups is 1. The molecular formula is C16H20N4O4. The van der Waals surface area contributed by atoms with Crippen LogP contribution in [0.2, 0.25) is 0 Å². The van der Waals surface area contributed by atoms with Crippen molar-refractivity contribution < 1.29 is 9.53 Å². The molecule has 0 spiro atoms. The fourth-order valence-electron chi connectivity index (χ4n) is 3.01. The standard InChI is InChI=1S/C16H20N4O4/c1-3-24-16(23)10-4-6-20(7-5-10)13-12(14(21)15(13)22)17-11-8-9(2)18-19-11/h8,10H,3-7H2,1-2H3,(H2,17,18,19). The fraction of sp³-hybridized carbons (Fsp3) is 0.500. The lowest BCUT2D eigenvalue weighted by molar-refractivity contribution is -0.148. The Kier molecular flexibility index (Phi) is 4.37. The number of nitrogens with one attached hydrogen (secondary N) is 2. The number of piperidine rings is 1. The van der Waals surface area contributed by atoms with Gasteiger partial charge in [-0.15, -0.1) is 0 Å². The molecule has 0 aliphatic carbocycles. The van der Waals surface area contributed by atoms with Gasteiger partial charge in [0.1, 0.15) is 11.4 Å². The minimum absolute atomic E-state index is 0.141. The lowest BCUT2D eigenvalue weighted by atomic mass is 9.96. The number of rotatable bonds is 5. The van der Waals surface area contributed by atoms with Gasteiger partial charge in [-0.1, -0.05) is 0 Å². The highest BCUT2D eigenvalue weighted by molar-refractivity contribution is 5.79. The average Bonchev–Trinajstić information content (AvgIpc) is 3.00. The van der Waals surface area contributed by atoms with Gasteiger partial charge in [-0.25, -0.2) is 0 Å². The van der Waals surface area contributed by atoms with E-state index in [1.165, 1.54) is 0 Å². The second kappa shape index (κ2) is 6.46. The number of aromatic amines is 1. The monoisotopic (exact) mass is 332 g/mol. The summed E-state index contributed by atoms with van der Waals surface area (Å²) in [5.74, 6) is 0.174. The number of nitrogens with zero attached hydrogens (tertiary/aromatic N) is 2. The van der Waals surface area contributed by atoms with E-state index in [0.29, 0.717) is 44.0 Å². The molecule has 1 fully saturated rings. The number of aryl methyl sites for hydroxylation is 1. The van der Waals surface area contributed by atoms with Crippen LogP contribution in [0.25, 0.3) is 0 Å². The number of carbonyl (C=O) groups excluding carboxylic acids is 1. The third-order valence-corrected chi connectivity index (χ3v) is 4.28. The highest BCUT2D eigenvalue weighted by Gasteiger charge is 2.32. The summed E-state index contributed by atoms with van der Waals surface area (Å²) in [6.45, 7) is 5.09. The quantitative estimate of drug-likeness (QED) is 0.617. The van der Waals surface area contributed by atoms with Gasteiger partial charge < -0.3 is 15.0 Å². The van der Waals surface area contributed by atoms with Crippen LogP contribution in [-0.2, 0) is 9.53 Å². The van der Waals surface area contributed by atoms with Crippen molar-refractivity contribution >= 4 is 23.2 Å². The van der Waals surface area contributed by atoms with Gasteiger partial charge >= 0.3 is 5.97 Å². The Morgan fingerprint density at radius 3 is 2.67 bits per heavy atom. The molecule has 1 saturated heterocycles. The van der Waals surface area contributed by atoms with Crippen molar-refractivity contribution in [3.8, 4) is 0 Å². The van der Waals surface area contributed by atoms with E-state index in [4.69, 9.17) is 4.74 Å². The van der Waals surface area contributed by atoms with E-state index in [-0.39, 0.29) is 17.6 Å². The zero-order chi connectivity index (χ0) is 17.3. The summed E-state index contributed by atoms with van der Waals surface area (Å²) in [4.78, 5) is 37.5. The highest BCUT2D eigenvalue weighted by Crippen LogP contribution is 2.28. The van der Waals surface area contributed by atoms with E-state index in [1.54, 1.807) is 13.0 Å². The molecular weight excluding hydrogens is 312 g/mol. The highest BCUT2D eigenvalue weighted by atomic mass is 16.5. The first kappa shape index (κ1) is 16.2. The topological polar surface area (TPSA) is 104 Å².